The Balaban J connectivity index is 2.01. The molecule has 0 fully saturated rings. The molecular formula is C18H20O. The van der Waals surface area contributed by atoms with Gasteiger partial charge in [0.05, 0.1) is 7.11 Å². The van der Waals surface area contributed by atoms with Crippen LogP contribution in [-0.2, 0) is 6.42 Å². The topological polar surface area (TPSA) is 9.23 Å². The van der Waals surface area contributed by atoms with Crippen molar-refractivity contribution in [2.45, 2.75) is 18.8 Å². The summed E-state index contributed by atoms with van der Waals surface area (Å²) in [6.45, 7) is 3.96. The number of ether oxygens (including phenoxy) is 1. The Labute approximate surface area is 115 Å². The van der Waals surface area contributed by atoms with E-state index in [2.05, 4.69) is 49.0 Å². The van der Waals surface area contributed by atoms with Crippen molar-refractivity contribution in [2.24, 2.45) is 0 Å². The second kappa shape index (κ2) is 6.79. The lowest BCUT2D eigenvalue weighted by atomic mass is 9.92. The molecule has 98 valence electrons. The first-order valence-electron chi connectivity index (χ1n) is 6.64. The highest BCUT2D eigenvalue weighted by atomic mass is 16.5. The lowest BCUT2D eigenvalue weighted by Crippen LogP contribution is -1.98. The third-order valence-electron chi connectivity index (χ3n) is 3.42. The Morgan fingerprint density at radius 3 is 2.32 bits per heavy atom. The van der Waals surface area contributed by atoms with Crippen LogP contribution in [0.3, 0.4) is 0 Å². The summed E-state index contributed by atoms with van der Waals surface area (Å²) in [4.78, 5) is 0. The van der Waals surface area contributed by atoms with Gasteiger partial charge in [0.1, 0.15) is 5.75 Å². The van der Waals surface area contributed by atoms with E-state index in [1.165, 1.54) is 11.1 Å². The summed E-state index contributed by atoms with van der Waals surface area (Å²) in [5.74, 6) is 1.29. The van der Waals surface area contributed by atoms with Crippen molar-refractivity contribution in [3.8, 4) is 5.75 Å². The van der Waals surface area contributed by atoms with Gasteiger partial charge in [0.2, 0.25) is 0 Å². The maximum absolute atomic E-state index is 5.19. The molecule has 1 nitrogen and oxygen atoms in total. The average molecular weight is 252 g/mol. The fraction of sp³-hybridized carbons (Fsp3) is 0.222. The van der Waals surface area contributed by atoms with Gasteiger partial charge in [-0.2, -0.15) is 0 Å². The van der Waals surface area contributed by atoms with E-state index in [1.54, 1.807) is 7.11 Å². The van der Waals surface area contributed by atoms with Gasteiger partial charge in [0.15, 0.2) is 0 Å². The van der Waals surface area contributed by atoms with Gasteiger partial charge in [-0.05, 0) is 36.1 Å². The van der Waals surface area contributed by atoms with Crippen LogP contribution >= 0.6 is 0 Å². The predicted octanol–water partition coefficient (Wildman–Crippen LogP) is 4.60. The van der Waals surface area contributed by atoms with Crippen molar-refractivity contribution in [2.75, 3.05) is 7.11 Å². The van der Waals surface area contributed by atoms with Crippen molar-refractivity contribution in [1.29, 1.82) is 0 Å². The number of hydrogen-bond donors (Lipinski definition) is 0. The number of hydrogen-bond acceptors (Lipinski definition) is 1. The molecule has 2 aromatic carbocycles. The van der Waals surface area contributed by atoms with Crippen LogP contribution in [0.4, 0.5) is 0 Å². The molecule has 0 aliphatic heterocycles. The van der Waals surface area contributed by atoms with E-state index >= 15 is 0 Å². The van der Waals surface area contributed by atoms with Gasteiger partial charge in [-0.15, -0.1) is 6.58 Å². The second-order valence-corrected chi connectivity index (χ2v) is 4.64. The zero-order chi connectivity index (χ0) is 13.5. The van der Waals surface area contributed by atoms with Crippen molar-refractivity contribution in [3.63, 3.8) is 0 Å². The van der Waals surface area contributed by atoms with Crippen LogP contribution in [0, 0.1) is 0 Å². The van der Waals surface area contributed by atoms with Crippen LogP contribution in [0.15, 0.2) is 67.3 Å². The van der Waals surface area contributed by atoms with Gasteiger partial charge in [-0.25, -0.2) is 0 Å². The molecule has 1 heteroatoms. The molecule has 0 saturated carbocycles. The fourth-order valence-corrected chi connectivity index (χ4v) is 2.24. The lowest BCUT2D eigenvalue weighted by molar-refractivity contribution is 0.414. The van der Waals surface area contributed by atoms with E-state index in [1.807, 2.05) is 18.2 Å². The largest absolute Gasteiger partial charge is 0.497 e. The molecule has 0 saturated heterocycles. The predicted molar refractivity (Wildman–Crippen MR) is 80.7 cm³/mol. The molecule has 0 spiro atoms. The van der Waals surface area contributed by atoms with Crippen LogP contribution < -0.4 is 4.74 Å². The zero-order valence-corrected chi connectivity index (χ0v) is 11.4. The molecule has 0 amide bonds. The van der Waals surface area contributed by atoms with E-state index < -0.39 is 0 Å². The minimum atomic E-state index is 0.395. The highest BCUT2D eigenvalue weighted by molar-refractivity contribution is 5.31. The number of rotatable bonds is 6. The summed E-state index contributed by atoms with van der Waals surface area (Å²) in [6, 6.07) is 18.8. The van der Waals surface area contributed by atoms with Gasteiger partial charge < -0.3 is 4.74 Å². The maximum atomic E-state index is 5.19. The first-order valence-corrected chi connectivity index (χ1v) is 6.64. The molecule has 19 heavy (non-hydrogen) atoms. The molecule has 2 rings (SSSR count). The molecule has 1 atom stereocenters. The first kappa shape index (κ1) is 13.4. The Kier molecular flexibility index (Phi) is 4.79. The third-order valence-corrected chi connectivity index (χ3v) is 3.42. The van der Waals surface area contributed by atoms with Crippen LogP contribution in [0.25, 0.3) is 0 Å². The number of methoxy groups -OCH3 is 1. The van der Waals surface area contributed by atoms with E-state index in [0.29, 0.717) is 5.92 Å². The molecular weight excluding hydrogens is 232 g/mol. The highest BCUT2D eigenvalue weighted by Gasteiger charge is 2.07. The molecule has 0 aromatic heterocycles. The summed E-state index contributed by atoms with van der Waals surface area (Å²) < 4.78 is 5.19. The minimum absolute atomic E-state index is 0.395. The molecule has 0 aliphatic carbocycles. The van der Waals surface area contributed by atoms with Gasteiger partial charge >= 0.3 is 0 Å². The van der Waals surface area contributed by atoms with E-state index in [9.17, 15) is 0 Å². The molecule has 2 aromatic rings. The van der Waals surface area contributed by atoms with Crippen LogP contribution in [-0.4, -0.2) is 7.11 Å². The van der Waals surface area contributed by atoms with Crippen LogP contribution in [0.5, 0.6) is 5.75 Å². The van der Waals surface area contributed by atoms with Gasteiger partial charge in [0, 0.05) is 5.92 Å². The number of allylic oxidation sites excluding steroid dienone is 1. The summed E-state index contributed by atoms with van der Waals surface area (Å²) in [5.41, 5.74) is 2.68. The normalized spacial score (nSPS) is 11.8. The van der Waals surface area contributed by atoms with E-state index in [-0.39, 0.29) is 0 Å². The minimum Gasteiger partial charge on any atom is -0.497 e. The molecule has 0 bridgehead atoms. The van der Waals surface area contributed by atoms with Gasteiger partial charge in [-0.3, -0.25) is 0 Å². The SMILES string of the molecule is C=CC(CCc1ccccc1)c1ccc(OC)cc1. The third kappa shape index (κ3) is 3.72. The van der Waals surface area contributed by atoms with Crippen LogP contribution in [0.1, 0.15) is 23.5 Å². The molecule has 0 aliphatic rings. The maximum Gasteiger partial charge on any atom is 0.118 e. The zero-order valence-electron chi connectivity index (χ0n) is 11.4. The summed E-state index contributed by atoms with van der Waals surface area (Å²) >= 11 is 0. The number of benzene rings is 2. The Bertz CT molecular complexity index is 499. The smallest absolute Gasteiger partial charge is 0.118 e. The summed E-state index contributed by atoms with van der Waals surface area (Å²) in [6.07, 6.45) is 4.19. The Morgan fingerprint density at radius 2 is 1.74 bits per heavy atom. The number of aryl methyl sites for hydroxylation is 1. The Morgan fingerprint density at radius 1 is 1.05 bits per heavy atom. The standard InChI is InChI=1S/C18H20O/c1-3-16(10-9-15-7-5-4-6-8-15)17-11-13-18(19-2)14-12-17/h3-8,11-14,16H,1,9-10H2,2H3. The monoisotopic (exact) mass is 252 g/mol. The van der Waals surface area contributed by atoms with Gasteiger partial charge in [-0.1, -0.05) is 48.5 Å². The van der Waals surface area contributed by atoms with Gasteiger partial charge in [0.25, 0.3) is 0 Å². The highest BCUT2D eigenvalue weighted by Crippen LogP contribution is 2.24. The molecule has 0 N–H and O–H groups in total. The van der Waals surface area contributed by atoms with E-state index in [0.717, 1.165) is 18.6 Å². The quantitative estimate of drug-likeness (QED) is 0.683. The molecule has 0 heterocycles. The molecule has 0 radical (unpaired) electrons. The summed E-state index contributed by atoms with van der Waals surface area (Å²) in [5, 5.41) is 0. The summed E-state index contributed by atoms with van der Waals surface area (Å²) in [7, 11) is 1.69. The van der Waals surface area contributed by atoms with E-state index in [4.69, 9.17) is 4.74 Å². The fourth-order valence-electron chi connectivity index (χ4n) is 2.24. The first-order chi connectivity index (χ1) is 9.33. The van der Waals surface area contributed by atoms with Crippen molar-refractivity contribution in [1.82, 2.24) is 0 Å². The molecule has 1 unspecified atom stereocenters. The Hall–Kier alpha value is -2.02. The van der Waals surface area contributed by atoms with Crippen LogP contribution in [0.2, 0.25) is 0 Å². The van der Waals surface area contributed by atoms with Crippen molar-refractivity contribution in [3.05, 3.63) is 78.4 Å². The average Bonchev–Trinajstić information content (AvgIpc) is 2.49. The van der Waals surface area contributed by atoms with Crippen molar-refractivity contribution < 1.29 is 4.74 Å². The van der Waals surface area contributed by atoms with Crippen molar-refractivity contribution >= 4 is 0 Å². The lowest BCUT2D eigenvalue weighted by Gasteiger charge is -2.13. The second-order valence-electron chi connectivity index (χ2n) is 4.64.